The second-order valence-corrected chi connectivity index (χ2v) is 34.5. The van der Waals surface area contributed by atoms with E-state index in [-0.39, 0.29) is 89.0 Å². The Morgan fingerprint density at radius 3 is 1.65 bits per heavy atom. The number of nitrogens with zero attached hydrogens (tertiary/aromatic N) is 5. The first-order valence-electron chi connectivity index (χ1n) is 43.4. The Morgan fingerprint density at radius 1 is 0.547 bits per heavy atom. The van der Waals surface area contributed by atoms with E-state index in [1.807, 2.05) is 13.8 Å². The van der Waals surface area contributed by atoms with Crippen molar-refractivity contribution < 1.29 is 102 Å². The predicted octanol–water partition coefficient (Wildman–Crippen LogP) is -2.05. The van der Waals surface area contributed by atoms with Crippen LogP contribution in [0.15, 0.2) is 85.2 Å². The van der Waals surface area contributed by atoms with Gasteiger partial charge in [-0.3, -0.25) is 81.5 Å². The number of carbonyl (C=O) groups excluding carboxylic acids is 16. The molecule has 16 amide bonds. The Bertz CT molecular complexity index is 4830. The third-order valence-electron chi connectivity index (χ3n) is 23.5. The normalized spacial score (nSPS) is 26.1. The van der Waals surface area contributed by atoms with Gasteiger partial charge in [0.15, 0.2) is 0 Å². The van der Waals surface area contributed by atoms with Crippen LogP contribution in [0.25, 0.3) is 21.8 Å². The number of aromatic nitrogens is 2. The minimum Gasteiger partial charge on any atom is -0.508 e. The molecule has 0 bridgehead atoms. The SMILES string of the molecule is CCCC[C@H]1C(=O)N(C)[C@@H](CCCC)C(=O)N[C@@H](C)C(=O)N[C@H](C(=O)NCC(N)=O)CSCC(=O)N[C@@H](Cc2ccc(O)cc2)C(=O)N2CCCC[C@H]2C(=O)N[C@@H](CC(=O)O)C(=O)N2CCC[C@H]2C(=O)N[C@@H](CN)C(=O)N[C@@H](CC(C)C)C(=O)N2C[C@H](O)C[C@H]2C(=O)N[C@@H](Cc2c[nH]c3ccccc23)C(=O)N[C@@H](CO)C(=O)N[C@@H](Cc2c[nH]c3ccccc23)C(=O)N1C. The molecule has 0 saturated carbocycles. The van der Waals surface area contributed by atoms with Gasteiger partial charge in [0.25, 0.3) is 0 Å². The van der Waals surface area contributed by atoms with Crippen molar-refractivity contribution in [2.75, 3.05) is 64.9 Å². The summed E-state index contributed by atoms with van der Waals surface area (Å²) in [5.41, 5.74) is 14.3. The van der Waals surface area contributed by atoms with Gasteiger partial charge in [-0.1, -0.05) is 102 Å². The predicted molar refractivity (Wildman–Crippen MR) is 469 cm³/mol. The maximum atomic E-state index is 15.6. The fourth-order valence-corrected chi connectivity index (χ4v) is 17.4. The van der Waals surface area contributed by atoms with Gasteiger partial charge in [0.1, 0.15) is 90.3 Å². The monoisotopic (exact) mass is 1800 g/mol. The third kappa shape index (κ3) is 26.5. The summed E-state index contributed by atoms with van der Waals surface area (Å²) in [6, 6.07) is -1.74. The van der Waals surface area contributed by atoms with Crippen molar-refractivity contribution in [1.82, 2.24) is 87.6 Å². The Morgan fingerprint density at radius 2 is 1.05 bits per heavy atom. The zero-order chi connectivity index (χ0) is 93.3. The number of para-hydroxylation sites is 2. The van der Waals surface area contributed by atoms with Crippen molar-refractivity contribution in [2.45, 2.75) is 234 Å². The number of likely N-dealkylation sites (N-methyl/N-ethyl adjacent to an activating group) is 2. The van der Waals surface area contributed by atoms with Crippen LogP contribution in [0.3, 0.4) is 0 Å². The molecular weight excluding hydrogens is 1680 g/mol. The van der Waals surface area contributed by atoms with E-state index in [9.17, 15) is 68.4 Å². The maximum Gasteiger partial charge on any atom is 0.305 e. The second-order valence-electron chi connectivity index (χ2n) is 33.5. The molecular formula is C87H121N19O21S. The van der Waals surface area contributed by atoms with Crippen molar-refractivity contribution in [2.24, 2.45) is 17.4 Å². The molecule has 20 N–H and O–H groups in total. The lowest BCUT2D eigenvalue weighted by molar-refractivity contribution is -0.149. The number of aromatic amines is 2. The van der Waals surface area contributed by atoms with Gasteiger partial charge in [0, 0.05) is 106 Å². The zero-order valence-corrected chi connectivity index (χ0v) is 73.8. The minimum absolute atomic E-state index is 0.0133. The molecule has 5 aromatic rings. The number of aromatic hydroxyl groups is 1. The van der Waals surface area contributed by atoms with Gasteiger partial charge in [-0.25, -0.2) is 0 Å². The molecule has 4 aliphatic rings. The molecule has 128 heavy (non-hydrogen) atoms. The highest BCUT2D eigenvalue weighted by molar-refractivity contribution is 8.00. The first-order valence-corrected chi connectivity index (χ1v) is 44.6. The van der Waals surface area contributed by atoms with Gasteiger partial charge in [-0.05, 0) is 105 Å². The van der Waals surface area contributed by atoms with Crippen LogP contribution in [0.2, 0.25) is 0 Å². The molecule has 40 nitrogen and oxygen atoms in total. The number of rotatable bonds is 21. The first-order chi connectivity index (χ1) is 61.0. The third-order valence-corrected chi connectivity index (χ3v) is 24.5. The average molecular weight is 1800 g/mol. The highest BCUT2D eigenvalue weighted by Crippen LogP contribution is 2.29. The summed E-state index contributed by atoms with van der Waals surface area (Å²) in [7, 11) is 2.71. The fourth-order valence-electron chi connectivity index (χ4n) is 16.5. The quantitative estimate of drug-likeness (QED) is 0.0376. The summed E-state index contributed by atoms with van der Waals surface area (Å²) in [6.07, 6.45) is 2.24. The molecule has 0 spiro atoms. The van der Waals surface area contributed by atoms with Crippen LogP contribution in [0, 0.1) is 5.92 Å². The number of hydrogen-bond acceptors (Lipinski definition) is 22. The minimum atomic E-state index is -1.87. The number of fused-ring (bicyclic) bond motifs is 5. The summed E-state index contributed by atoms with van der Waals surface area (Å²) < 4.78 is 0. The topological polar surface area (TPSA) is 591 Å². The number of aliphatic hydroxyl groups is 2. The van der Waals surface area contributed by atoms with E-state index >= 15 is 33.6 Å². The number of carboxylic acid groups (broad SMARTS) is 1. The molecule has 696 valence electrons. The van der Waals surface area contributed by atoms with Crippen LogP contribution in [-0.2, 0) is 101 Å². The lowest BCUT2D eigenvalue weighted by Crippen LogP contribution is -2.62. The van der Waals surface area contributed by atoms with Crippen molar-refractivity contribution in [3.05, 3.63) is 102 Å². The van der Waals surface area contributed by atoms with Crippen LogP contribution in [-0.4, -0.2) is 311 Å². The number of hydrogen-bond donors (Lipinski definition) is 18. The number of unbranched alkanes of at least 4 members (excludes halogenated alkanes) is 2. The standard InChI is InChI=1S/C87H121N19O21S/c1-8-10-23-66-79(119)93-48(5)74(114)101-65(75(115)92-42-71(89)110)45-128-46-72(111)94-60(34-49-27-29-52(108)30-28-49)84(124)104-31-17-16-25-67(104)80(120)98-62(38-73(112)113)85(125)105-32-18-26-68(105)81(121)99-63(39-88)77(117)96-59(33-47(3)4)86(126)106-43-53(109)37-70(106)82(122)95-58(35-50-40-90-56-21-14-12-19-54(50)56)76(116)100-64(44-107)78(118)97-61(36-51-41-91-57-22-15-13-20-55(51)57)83(123)103(7)69(24-11-9-2)87(127)102(66)6/h12-15,19-22,27-30,40-41,47-48,53,58-70,90-91,107-109H,8-11,16-18,23-26,31-39,42-46,88H2,1-7H3,(H2,89,110)(H,92,115)(H,93,119)(H,94,111)(H,95,122)(H,96,117)(H,97,118)(H,98,120)(H,99,121)(H,100,116)(H,101,114)(H,112,113)/t48-,53+,58-,59-,60-,61-,62-,63-,64-,65-,66-,67-,68-,69-,70-/m0/s1. The second kappa shape index (κ2) is 47.0. The van der Waals surface area contributed by atoms with Crippen molar-refractivity contribution in [3.8, 4) is 5.75 Å². The van der Waals surface area contributed by atoms with E-state index in [0.29, 0.717) is 77.0 Å². The Labute approximate surface area is 744 Å². The van der Waals surface area contributed by atoms with E-state index < -0.39 is 235 Å². The number of carbonyl (C=O) groups is 17. The number of aliphatic carboxylic acids is 1. The van der Waals surface area contributed by atoms with E-state index in [0.717, 1.165) is 31.4 Å². The molecule has 41 heteroatoms. The lowest BCUT2D eigenvalue weighted by atomic mass is 9.97. The molecule has 3 aromatic carbocycles. The van der Waals surface area contributed by atoms with Gasteiger partial charge in [-0.15, -0.1) is 11.8 Å². The highest BCUT2D eigenvalue weighted by atomic mass is 32.2. The van der Waals surface area contributed by atoms with Gasteiger partial charge < -0.3 is 120 Å². The number of nitrogens with one attached hydrogen (secondary N) is 12. The number of phenolic OH excluding ortho intramolecular Hbond substituents is 1. The maximum absolute atomic E-state index is 15.6. The number of aliphatic hydroxyl groups excluding tert-OH is 2. The summed E-state index contributed by atoms with van der Waals surface area (Å²) in [6.45, 7) is 5.41. The molecule has 2 aromatic heterocycles. The van der Waals surface area contributed by atoms with Crippen LogP contribution in [0.4, 0.5) is 0 Å². The smallest absolute Gasteiger partial charge is 0.305 e. The number of phenols is 1. The molecule has 15 atom stereocenters. The fraction of sp³-hybridized carbons (Fsp3) is 0.552. The number of amides is 16. The summed E-state index contributed by atoms with van der Waals surface area (Å²) in [4.78, 5) is 259. The number of piperidine rings is 1. The van der Waals surface area contributed by atoms with E-state index in [1.54, 1.807) is 74.8 Å². The highest BCUT2D eigenvalue weighted by Gasteiger charge is 2.47. The number of nitrogens with two attached hydrogens (primary N) is 2. The van der Waals surface area contributed by atoms with Crippen LogP contribution in [0.5, 0.6) is 5.75 Å². The lowest BCUT2D eigenvalue weighted by Gasteiger charge is -2.38. The molecule has 4 aliphatic heterocycles. The molecule has 4 saturated heterocycles. The van der Waals surface area contributed by atoms with E-state index in [4.69, 9.17) is 11.5 Å². The van der Waals surface area contributed by atoms with Crippen molar-refractivity contribution in [3.63, 3.8) is 0 Å². The number of primary amides is 1. The molecule has 0 unspecified atom stereocenters. The van der Waals surface area contributed by atoms with E-state index in [2.05, 4.69) is 63.1 Å². The molecule has 0 radical (unpaired) electrons. The Kier molecular flexibility index (Phi) is 36.5. The molecule has 4 fully saturated rings. The number of carboxylic acids is 1. The number of H-pyrrole nitrogens is 2. The van der Waals surface area contributed by atoms with E-state index in [1.165, 1.54) is 50.2 Å². The van der Waals surface area contributed by atoms with Gasteiger partial charge in [-0.2, -0.15) is 0 Å². The number of benzene rings is 3. The Balaban J connectivity index is 1.07. The summed E-state index contributed by atoms with van der Waals surface area (Å²) in [5, 5.41) is 70.3. The number of thioether (sulfide) groups is 1. The van der Waals surface area contributed by atoms with Crippen LogP contribution >= 0.6 is 11.8 Å². The van der Waals surface area contributed by atoms with Crippen molar-refractivity contribution in [1.29, 1.82) is 0 Å². The summed E-state index contributed by atoms with van der Waals surface area (Å²) in [5.74, 6) is -17.7. The van der Waals surface area contributed by atoms with Gasteiger partial charge >= 0.3 is 5.97 Å². The largest absolute Gasteiger partial charge is 0.508 e. The molecule has 9 rings (SSSR count). The van der Waals surface area contributed by atoms with Crippen LogP contribution < -0.4 is 64.6 Å². The first kappa shape index (κ1) is 99.5. The van der Waals surface area contributed by atoms with Gasteiger partial charge in [0.05, 0.1) is 31.4 Å². The van der Waals surface area contributed by atoms with Gasteiger partial charge in [0.2, 0.25) is 94.5 Å². The van der Waals surface area contributed by atoms with Crippen LogP contribution in [0.1, 0.15) is 141 Å². The summed E-state index contributed by atoms with van der Waals surface area (Å²) >= 11 is 0.793. The zero-order valence-electron chi connectivity index (χ0n) is 73.0. The Hall–Kier alpha value is -12.2. The molecule has 0 aliphatic carbocycles. The van der Waals surface area contributed by atoms with Crippen molar-refractivity contribution >= 4 is 134 Å². The molecule has 6 heterocycles. The average Bonchev–Trinajstić information content (AvgIpc) is 1.78.